The van der Waals surface area contributed by atoms with E-state index in [1.807, 2.05) is 17.0 Å². The molecule has 1 aromatic carbocycles. The van der Waals surface area contributed by atoms with Crippen molar-refractivity contribution in [1.29, 1.82) is 0 Å². The maximum absolute atomic E-state index is 13.4. The smallest absolute Gasteiger partial charge is 0.314 e. The molecule has 1 amide bonds. The zero-order valence-corrected chi connectivity index (χ0v) is 20.1. The average molecular weight is 466 g/mol. The lowest BCUT2D eigenvalue weighted by atomic mass is 9.62. The third-order valence-corrected chi connectivity index (χ3v) is 10.4. The summed E-state index contributed by atoms with van der Waals surface area (Å²) in [4.78, 5) is 28.5. The molecule has 1 N–H and O–H groups in total. The summed E-state index contributed by atoms with van der Waals surface area (Å²) in [6.45, 7) is 2.66. The second-order valence-electron chi connectivity index (χ2n) is 8.50. The lowest BCUT2D eigenvalue weighted by Crippen LogP contribution is -2.61. The molecule has 3 aliphatic heterocycles. The highest BCUT2D eigenvalue weighted by Crippen LogP contribution is 2.65. The second-order valence-corrected chi connectivity index (χ2v) is 11.2. The Hall–Kier alpha value is -1.54. The van der Waals surface area contributed by atoms with Gasteiger partial charge in [-0.15, -0.1) is 23.5 Å². The quantitative estimate of drug-likeness (QED) is 0.648. The van der Waals surface area contributed by atoms with Crippen LogP contribution in [0.25, 0.3) is 0 Å². The number of ether oxygens (including phenoxy) is 2. The van der Waals surface area contributed by atoms with E-state index < -0.39 is 16.9 Å². The van der Waals surface area contributed by atoms with Crippen LogP contribution in [0.15, 0.2) is 12.1 Å². The highest BCUT2D eigenvalue weighted by Gasteiger charge is 2.71. The molecule has 3 heterocycles. The number of carboxylic acid groups (broad SMARTS) is 1. The van der Waals surface area contributed by atoms with E-state index in [2.05, 4.69) is 6.92 Å². The van der Waals surface area contributed by atoms with Gasteiger partial charge in [-0.3, -0.25) is 9.59 Å². The van der Waals surface area contributed by atoms with Crippen molar-refractivity contribution in [3.05, 3.63) is 23.3 Å². The highest BCUT2D eigenvalue weighted by molar-refractivity contribution is 8.17. The van der Waals surface area contributed by atoms with Gasteiger partial charge in [0, 0.05) is 13.0 Å². The van der Waals surface area contributed by atoms with Crippen LogP contribution in [-0.2, 0) is 21.5 Å². The van der Waals surface area contributed by atoms with Gasteiger partial charge in [0.25, 0.3) is 0 Å². The van der Waals surface area contributed by atoms with Crippen LogP contribution in [0.3, 0.4) is 0 Å². The Morgan fingerprint density at radius 2 is 1.90 bits per heavy atom. The Bertz CT molecular complexity index is 872. The topological polar surface area (TPSA) is 76.1 Å². The van der Waals surface area contributed by atoms with E-state index in [-0.39, 0.29) is 16.9 Å². The van der Waals surface area contributed by atoms with Gasteiger partial charge in [0.15, 0.2) is 11.5 Å². The maximum Gasteiger partial charge on any atom is 0.314 e. The van der Waals surface area contributed by atoms with Crippen molar-refractivity contribution < 1.29 is 24.2 Å². The van der Waals surface area contributed by atoms with Crippen LogP contribution in [0.4, 0.5) is 0 Å². The van der Waals surface area contributed by atoms with Gasteiger partial charge in [0.2, 0.25) is 5.91 Å². The molecular weight excluding hydrogens is 434 g/mol. The van der Waals surface area contributed by atoms with Gasteiger partial charge in [0.05, 0.1) is 24.3 Å². The van der Waals surface area contributed by atoms with Crippen LogP contribution in [0.1, 0.15) is 50.2 Å². The van der Waals surface area contributed by atoms with E-state index in [1.165, 1.54) is 0 Å². The van der Waals surface area contributed by atoms with E-state index >= 15 is 0 Å². The second kappa shape index (κ2) is 8.77. The first-order chi connectivity index (χ1) is 15.0. The number of hydrogen-bond donors (Lipinski definition) is 1. The van der Waals surface area contributed by atoms with E-state index in [9.17, 15) is 14.7 Å². The van der Waals surface area contributed by atoms with E-state index in [1.54, 1.807) is 37.7 Å². The largest absolute Gasteiger partial charge is 0.493 e. The first-order valence-corrected chi connectivity index (χ1v) is 13.1. The molecule has 8 heteroatoms. The molecule has 2 atom stereocenters. The molecule has 1 aromatic rings. The fourth-order valence-electron chi connectivity index (χ4n) is 5.71. The number of fused-ring (bicyclic) bond motifs is 3. The Kier molecular flexibility index (Phi) is 6.41. The molecule has 0 aromatic heterocycles. The minimum atomic E-state index is -1.18. The van der Waals surface area contributed by atoms with Crippen LogP contribution < -0.4 is 9.47 Å². The summed E-state index contributed by atoms with van der Waals surface area (Å²) in [5.41, 5.74) is -0.0498. The van der Waals surface area contributed by atoms with Crippen molar-refractivity contribution in [1.82, 2.24) is 4.90 Å². The van der Waals surface area contributed by atoms with Crippen molar-refractivity contribution >= 4 is 35.4 Å². The summed E-state index contributed by atoms with van der Waals surface area (Å²) in [5, 5.41) is 10.8. The zero-order valence-electron chi connectivity index (χ0n) is 18.4. The molecule has 4 rings (SSSR count). The third-order valence-electron chi connectivity index (χ3n) is 7.09. The first-order valence-electron chi connectivity index (χ1n) is 11.0. The van der Waals surface area contributed by atoms with E-state index in [0.29, 0.717) is 30.9 Å². The lowest BCUT2D eigenvalue weighted by Gasteiger charge is -2.53. The fraction of sp³-hybridized carbons (Fsp3) is 0.652. The Morgan fingerprint density at radius 1 is 1.23 bits per heavy atom. The number of carboxylic acids is 1. The first kappa shape index (κ1) is 22.6. The summed E-state index contributed by atoms with van der Waals surface area (Å²) >= 11 is 3.43. The zero-order chi connectivity index (χ0) is 22.2. The number of nitrogens with zero attached hydrogens (tertiary/aromatic N) is 1. The van der Waals surface area contributed by atoms with Gasteiger partial charge in [-0.1, -0.05) is 19.8 Å². The Morgan fingerprint density at radius 3 is 2.52 bits per heavy atom. The Labute approximate surface area is 192 Å². The monoisotopic (exact) mass is 465 g/mol. The molecule has 0 radical (unpaired) electrons. The van der Waals surface area contributed by atoms with E-state index in [4.69, 9.17) is 9.47 Å². The molecule has 31 heavy (non-hydrogen) atoms. The van der Waals surface area contributed by atoms with E-state index in [0.717, 1.165) is 41.9 Å². The number of unbranched alkanes of at least 4 members (excludes halogenated alkanes) is 1. The van der Waals surface area contributed by atoms with Gasteiger partial charge in [-0.25, -0.2) is 0 Å². The molecule has 3 aliphatic rings. The summed E-state index contributed by atoms with van der Waals surface area (Å²) in [5.74, 6) is 2.21. The number of rotatable bonds is 7. The van der Waals surface area contributed by atoms with Crippen LogP contribution in [-0.4, -0.2) is 58.7 Å². The molecule has 0 bridgehead atoms. The molecule has 170 valence electrons. The molecule has 0 aliphatic carbocycles. The maximum atomic E-state index is 13.4. The van der Waals surface area contributed by atoms with Crippen molar-refractivity contribution in [3.8, 4) is 11.5 Å². The number of benzene rings is 1. The number of aliphatic carboxylic acids is 1. The van der Waals surface area contributed by atoms with Gasteiger partial charge in [-0.2, -0.15) is 0 Å². The minimum Gasteiger partial charge on any atom is -0.493 e. The number of carbonyl (C=O) groups excluding carboxylic acids is 1. The molecular formula is C23H31NO5S2. The number of thioether (sulfide) groups is 2. The number of amides is 1. The highest BCUT2D eigenvalue weighted by atomic mass is 32.2. The van der Waals surface area contributed by atoms with Crippen LogP contribution in [0, 0.1) is 5.41 Å². The summed E-state index contributed by atoms with van der Waals surface area (Å²) in [6.07, 6.45) is 4.26. The summed E-state index contributed by atoms with van der Waals surface area (Å²) in [7, 11) is 3.21. The predicted octanol–water partition coefficient (Wildman–Crippen LogP) is 4.14. The van der Waals surface area contributed by atoms with Crippen molar-refractivity contribution in [2.24, 2.45) is 5.41 Å². The molecule has 0 spiro atoms. The normalized spacial score (nSPS) is 28.2. The molecule has 0 saturated carbocycles. The lowest BCUT2D eigenvalue weighted by molar-refractivity contribution is -0.155. The molecule has 6 nitrogen and oxygen atoms in total. The van der Waals surface area contributed by atoms with Crippen molar-refractivity contribution in [2.45, 2.75) is 55.6 Å². The van der Waals surface area contributed by atoms with Gasteiger partial charge >= 0.3 is 5.97 Å². The van der Waals surface area contributed by atoms with Crippen LogP contribution in [0.5, 0.6) is 11.5 Å². The van der Waals surface area contributed by atoms with Gasteiger partial charge in [0.1, 0.15) is 5.41 Å². The standard InChI is InChI=1S/C23H31NO5S2/c1-4-5-8-23-16-13-18(29-3)17(28-2)12-15(16)7-9-24(23)19(25)14-22(23,20(26)27)21-30-10-6-11-31-21/h12-13,21H,4-11,14H2,1-3H3,(H,26,27)/t22-,23-/m0/s1. The Balaban J connectivity index is 2.01. The number of methoxy groups -OCH3 is 2. The SMILES string of the molecule is CCCC[C@@]12c3cc(OC)c(OC)cc3CCN1C(=O)C[C@]2(C(=O)O)C1SCCCS1. The summed E-state index contributed by atoms with van der Waals surface area (Å²) in [6, 6.07) is 3.93. The number of hydrogen-bond acceptors (Lipinski definition) is 6. The van der Waals surface area contributed by atoms with Crippen molar-refractivity contribution in [3.63, 3.8) is 0 Å². The van der Waals surface area contributed by atoms with Crippen molar-refractivity contribution in [2.75, 3.05) is 32.3 Å². The average Bonchev–Trinajstić information content (AvgIpc) is 3.07. The van der Waals surface area contributed by atoms with Crippen LogP contribution >= 0.6 is 23.5 Å². The number of carbonyl (C=O) groups is 2. The van der Waals surface area contributed by atoms with Gasteiger partial charge < -0.3 is 19.5 Å². The minimum absolute atomic E-state index is 0.0364. The third kappa shape index (κ3) is 3.24. The molecule has 2 saturated heterocycles. The van der Waals surface area contributed by atoms with Crippen LogP contribution in [0.2, 0.25) is 0 Å². The predicted molar refractivity (Wildman–Crippen MR) is 124 cm³/mol. The van der Waals surface area contributed by atoms with Gasteiger partial charge in [-0.05, 0) is 54.0 Å². The summed E-state index contributed by atoms with van der Waals surface area (Å²) < 4.78 is 11.0. The molecule has 2 fully saturated rings. The fourth-order valence-corrected chi connectivity index (χ4v) is 9.23. The molecule has 0 unspecified atom stereocenters.